The van der Waals surface area contributed by atoms with Gasteiger partial charge in [0.1, 0.15) is 0 Å². The van der Waals surface area contributed by atoms with Crippen LogP contribution in [0.1, 0.15) is 38.2 Å². The molecule has 1 aromatic carbocycles. The number of hydrogen-bond acceptors (Lipinski definition) is 6. The van der Waals surface area contributed by atoms with Crippen LogP contribution in [0.25, 0.3) is 21.8 Å². The van der Waals surface area contributed by atoms with Gasteiger partial charge in [-0.1, -0.05) is 30.4 Å². The van der Waals surface area contributed by atoms with Crippen molar-refractivity contribution in [1.82, 2.24) is 15.0 Å². The fourth-order valence-corrected chi connectivity index (χ4v) is 4.93. The molecule has 2 fully saturated rings. The Balaban J connectivity index is 1.57. The lowest BCUT2D eigenvalue weighted by Crippen LogP contribution is -2.32. The fourth-order valence-electron chi connectivity index (χ4n) is 3.82. The number of hydrogen-bond donors (Lipinski definition) is 1. The Morgan fingerprint density at radius 3 is 2.56 bits per heavy atom. The summed E-state index contributed by atoms with van der Waals surface area (Å²) in [7, 11) is 0. The van der Waals surface area contributed by atoms with Gasteiger partial charge >= 0.3 is 6.18 Å². The summed E-state index contributed by atoms with van der Waals surface area (Å²) in [6.07, 6.45) is 1.63. The number of piperidine rings is 1. The minimum Gasteiger partial charge on any atom is -0.351 e. The van der Waals surface area contributed by atoms with Crippen LogP contribution in [0.15, 0.2) is 36.5 Å². The molecule has 1 aliphatic heterocycles. The number of alkyl halides is 3. The molecular formula is C23H24F3N5S. The molecule has 1 aliphatic carbocycles. The van der Waals surface area contributed by atoms with Gasteiger partial charge in [0, 0.05) is 30.9 Å². The van der Waals surface area contributed by atoms with Gasteiger partial charge in [0.15, 0.2) is 5.13 Å². The second-order valence-corrected chi connectivity index (χ2v) is 9.58. The van der Waals surface area contributed by atoms with Crippen molar-refractivity contribution in [3.63, 3.8) is 0 Å². The number of nitrogens with one attached hydrogen (secondary N) is 1. The number of nitrogens with zero attached hydrogens (tertiary/aromatic N) is 4. The molecule has 0 bridgehead atoms. The first-order valence-corrected chi connectivity index (χ1v) is 11.7. The third-order valence-corrected chi connectivity index (χ3v) is 7.07. The molecule has 2 aromatic heterocycles. The van der Waals surface area contributed by atoms with E-state index < -0.39 is 11.7 Å². The van der Waals surface area contributed by atoms with Crippen LogP contribution in [0.5, 0.6) is 0 Å². The van der Waals surface area contributed by atoms with Crippen LogP contribution >= 0.6 is 11.3 Å². The van der Waals surface area contributed by atoms with E-state index in [1.165, 1.54) is 23.5 Å². The van der Waals surface area contributed by atoms with Crippen LogP contribution in [-0.2, 0) is 6.18 Å². The van der Waals surface area contributed by atoms with Gasteiger partial charge in [-0.05, 0) is 49.8 Å². The van der Waals surface area contributed by atoms with E-state index in [9.17, 15) is 13.2 Å². The van der Waals surface area contributed by atoms with Gasteiger partial charge in [-0.25, -0.2) is 15.0 Å². The average Bonchev–Trinajstić information content (AvgIpc) is 3.48. The van der Waals surface area contributed by atoms with Crippen LogP contribution < -0.4 is 10.2 Å². The monoisotopic (exact) mass is 459 g/mol. The fraction of sp³-hybridized carbons (Fsp3) is 0.435. The zero-order valence-corrected chi connectivity index (χ0v) is 18.5. The number of anilines is 2. The van der Waals surface area contributed by atoms with E-state index in [2.05, 4.69) is 27.1 Å². The maximum absolute atomic E-state index is 13.4. The van der Waals surface area contributed by atoms with Crippen LogP contribution in [0.3, 0.4) is 0 Å². The lowest BCUT2D eigenvalue weighted by molar-refractivity contribution is -0.137. The molecule has 3 aromatic rings. The molecule has 0 atom stereocenters. The van der Waals surface area contributed by atoms with Gasteiger partial charge in [0.05, 0.1) is 21.8 Å². The van der Waals surface area contributed by atoms with Crippen molar-refractivity contribution in [2.24, 2.45) is 5.92 Å². The predicted molar refractivity (Wildman–Crippen MR) is 121 cm³/mol. The molecule has 5 nitrogen and oxygen atoms in total. The van der Waals surface area contributed by atoms with Gasteiger partial charge < -0.3 is 10.2 Å². The standard InChI is InChI=1S/C23H24F3N5S/c1-14-8-11-31(12-9-14)22-30-19(15-3-2-4-16(13-15)23(24,25)26)20(32-22)18-7-10-27-21(29-18)28-17-5-6-17/h2-4,7,10,13-14,17H,5-6,8-9,11-12H2,1H3,(H,27,28,29). The van der Waals surface area contributed by atoms with Crippen molar-refractivity contribution in [2.75, 3.05) is 23.3 Å². The summed E-state index contributed by atoms with van der Waals surface area (Å²) in [5.74, 6) is 1.22. The molecule has 168 valence electrons. The highest BCUT2D eigenvalue weighted by Crippen LogP contribution is 2.42. The van der Waals surface area contributed by atoms with E-state index in [0.717, 1.165) is 54.8 Å². The summed E-state index contributed by atoms with van der Waals surface area (Å²) < 4.78 is 40.1. The zero-order chi connectivity index (χ0) is 22.3. The van der Waals surface area contributed by atoms with E-state index in [4.69, 9.17) is 4.98 Å². The minimum atomic E-state index is -4.41. The van der Waals surface area contributed by atoms with Crippen molar-refractivity contribution in [3.05, 3.63) is 42.1 Å². The largest absolute Gasteiger partial charge is 0.416 e. The molecule has 1 saturated carbocycles. The molecule has 1 N–H and O–H groups in total. The summed E-state index contributed by atoms with van der Waals surface area (Å²) in [5.41, 5.74) is 0.967. The highest BCUT2D eigenvalue weighted by molar-refractivity contribution is 7.19. The van der Waals surface area contributed by atoms with E-state index >= 15 is 0 Å². The molecule has 0 amide bonds. The summed E-state index contributed by atoms with van der Waals surface area (Å²) in [5, 5.41) is 4.12. The first-order valence-electron chi connectivity index (χ1n) is 10.9. The Morgan fingerprint density at radius 2 is 1.84 bits per heavy atom. The molecular weight excluding hydrogens is 435 g/mol. The van der Waals surface area contributed by atoms with Gasteiger partial charge in [-0.2, -0.15) is 13.2 Å². The molecule has 32 heavy (non-hydrogen) atoms. The summed E-state index contributed by atoms with van der Waals surface area (Å²) >= 11 is 1.49. The molecule has 3 heterocycles. The van der Waals surface area contributed by atoms with Crippen LogP contribution in [-0.4, -0.2) is 34.1 Å². The second kappa shape index (κ2) is 8.35. The predicted octanol–water partition coefficient (Wildman–Crippen LogP) is 6.10. The van der Waals surface area contributed by atoms with E-state index in [0.29, 0.717) is 34.9 Å². The summed E-state index contributed by atoms with van der Waals surface area (Å²) in [4.78, 5) is 16.8. The minimum absolute atomic E-state index is 0.403. The number of rotatable bonds is 5. The summed E-state index contributed by atoms with van der Waals surface area (Å²) in [6, 6.07) is 7.57. The average molecular weight is 460 g/mol. The number of halogens is 3. The molecule has 1 saturated heterocycles. The molecule has 5 rings (SSSR count). The maximum atomic E-state index is 13.4. The quantitative estimate of drug-likeness (QED) is 0.500. The van der Waals surface area contributed by atoms with Crippen molar-refractivity contribution in [2.45, 2.75) is 44.8 Å². The van der Waals surface area contributed by atoms with E-state index in [1.807, 2.05) is 0 Å². The van der Waals surface area contributed by atoms with Gasteiger partial charge in [0.2, 0.25) is 5.95 Å². The van der Waals surface area contributed by atoms with Crippen molar-refractivity contribution in [3.8, 4) is 21.8 Å². The second-order valence-electron chi connectivity index (χ2n) is 8.61. The van der Waals surface area contributed by atoms with Crippen molar-refractivity contribution >= 4 is 22.4 Å². The van der Waals surface area contributed by atoms with Gasteiger partial charge in [0.25, 0.3) is 0 Å². The number of aromatic nitrogens is 3. The smallest absolute Gasteiger partial charge is 0.351 e. The normalized spacial score (nSPS) is 17.6. The van der Waals surface area contributed by atoms with Crippen LogP contribution in [0, 0.1) is 5.92 Å². The highest BCUT2D eigenvalue weighted by Gasteiger charge is 2.31. The maximum Gasteiger partial charge on any atom is 0.416 e. The van der Waals surface area contributed by atoms with Crippen LogP contribution in [0.2, 0.25) is 0 Å². The molecule has 0 unspecified atom stereocenters. The molecule has 0 spiro atoms. The first kappa shape index (κ1) is 21.2. The van der Waals surface area contributed by atoms with Crippen LogP contribution in [0.4, 0.5) is 24.3 Å². The zero-order valence-electron chi connectivity index (χ0n) is 17.7. The molecule has 9 heteroatoms. The Kier molecular flexibility index (Phi) is 5.53. The Bertz CT molecular complexity index is 1100. The van der Waals surface area contributed by atoms with Crippen molar-refractivity contribution in [1.29, 1.82) is 0 Å². The van der Waals surface area contributed by atoms with Crippen molar-refractivity contribution < 1.29 is 13.2 Å². The topological polar surface area (TPSA) is 53.9 Å². The third-order valence-electron chi connectivity index (χ3n) is 5.93. The van der Waals surface area contributed by atoms with E-state index in [-0.39, 0.29) is 0 Å². The molecule has 0 radical (unpaired) electrons. The van der Waals surface area contributed by atoms with Gasteiger partial charge in [-0.15, -0.1) is 0 Å². The number of thiazole rings is 1. The lowest BCUT2D eigenvalue weighted by Gasteiger charge is -2.29. The van der Waals surface area contributed by atoms with Gasteiger partial charge in [-0.3, -0.25) is 0 Å². The van der Waals surface area contributed by atoms with E-state index in [1.54, 1.807) is 18.3 Å². The Hall–Kier alpha value is -2.68. The Morgan fingerprint density at radius 1 is 1.06 bits per heavy atom. The Labute approximate surface area is 188 Å². The SMILES string of the molecule is CC1CCN(c2nc(-c3cccc(C(F)(F)F)c3)c(-c3ccnc(NC4CC4)n3)s2)CC1. The molecule has 2 aliphatic rings. The lowest BCUT2D eigenvalue weighted by atomic mass is 10.00. The third kappa shape index (κ3) is 4.57. The number of benzene rings is 1. The summed E-state index contributed by atoms with van der Waals surface area (Å²) in [6.45, 7) is 4.04. The highest BCUT2D eigenvalue weighted by atomic mass is 32.1. The first-order chi connectivity index (χ1) is 15.4.